The van der Waals surface area contributed by atoms with E-state index in [4.69, 9.17) is 17.3 Å². The van der Waals surface area contributed by atoms with Crippen LogP contribution < -0.4 is 5.73 Å². The second kappa shape index (κ2) is 2.93. The molecule has 1 rings (SSSR count). The highest BCUT2D eigenvalue weighted by molar-refractivity contribution is 7.86. The van der Waals surface area contributed by atoms with Crippen molar-refractivity contribution >= 4 is 27.4 Å². The largest absolute Gasteiger partial charge is 0.744 e. The Balaban J connectivity index is 3.43. The van der Waals surface area contributed by atoms with Gasteiger partial charge in [0.2, 0.25) is 0 Å². The van der Waals surface area contributed by atoms with Crippen molar-refractivity contribution in [3.63, 3.8) is 0 Å². The summed E-state index contributed by atoms with van der Waals surface area (Å²) in [6.45, 7) is 0. The van der Waals surface area contributed by atoms with Crippen molar-refractivity contribution < 1.29 is 13.0 Å². The average Bonchev–Trinajstić information content (AvgIpc) is 1.92. The molecule has 0 spiro atoms. The molecular formula is C6H5ClNO3S-. The Morgan fingerprint density at radius 1 is 1.42 bits per heavy atom. The van der Waals surface area contributed by atoms with E-state index < -0.39 is 15.0 Å². The maximum absolute atomic E-state index is 10.5. The molecule has 0 bridgehead atoms. The van der Waals surface area contributed by atoms with Crippen LogP contribution in [0.25, 0.3) is 0 Å². The molecular weight excluding hydrogens is 202 g/mol. The summed E-state index contributed by atoms with van der Waals surface area (Å²) in [7, 11) is -4.52. The van der Waals surface area contributed by atoms with Gasteiger partial charge in [0, 0.05) is 10.7 Å². The van der Waals surface area contributed by atoms with Gasteiger partial charge in [-0.15, -0.1) is 0 Å². The lowest BCUT2D eigenvalue weighted by molar-refractivity contribution is 0.463. The van der Waals surface area contributed by atoms with Gasteiger partial charge in [-0.3, -0.25) is 0 Å². The van der Waals surface area contributed by atoms with Crippen molar-refractivity contribution in [2.45, 2.75) is 4.90 Å². The Labute approximate surface area is 74.7 Å². The van der Waals surface area contributed by atoms with E-state index in [2.05, 4.69) is 0 Å². The van der Waals surface area contributed by atoms with Gasteiger partial charge in [-0.2, -0.15) is 0 Å². The molecule has 0 atom stereocenters. The van der Waals surface area contributed by atoms with Crippen LogP contribution in [0.3, 0.4) is 0 Å². The first-order valence-corrected chi connectivity index (χ1v) is 4.71. The fraction of sp³-hybridized carbons (Fsp3) is 0. The van der Waals surface area contributed by atoms with Gasteiger partial charge in [0.15, 0.2) is 0 Å². The summed E-state index contributed by atoms with van der Waals surface area (Å²) in [6, 6.07) is 3.71. The number of nitrogen functional groups attached to an aromatic ring is 1. The summed E-state index contributed by atoms with van der Waals surface area (Å²) >= 11 is 5.46. The van der Waals surface area contributed by atoms with E-state index in [1.165, 1.54) is 12.1 Å². The molecule has 1 aromatic rings. The van der Waals surface area contributed by atoms with Gasteiger partial charge in [-0.1, -0.05) is 11.6 Å². The highest BCUT2D eigenvalue weighted by atomic mass is 35.5. The van der Waals surface area contributed by atoms with Gasteiger partial charge in [0.25, 0.3) is 0 Å². The number of nitrogens with two attached hydrogens (primary N) is 1. The summed E-state index contributed by atoms with van der Waals surface area (Å²) in [6.07, 6.45) is 0. The highest BCUT2D eigenvalue weighted by Crippen LogP contribution is 2.21. The van der Waals surface area contributed by atoms with Gasteiger partial charge in [0.1, 0.15) is 10.1 Å². The van der Waals surface area contributed by atoms with Crippen molar-refractivity contribution in [1.82, 2.24) is 0 Å². The van der Waals surface area contributed by atoms with E-state index in [-0.39, 0.29) is 10.7 Å². The maximum Gasteiger partial charge on any atom is 0.126 e. The molecule has 66 valence electrons. The number of benzene rings is 1. The van der Waals surface area contributed by atoms with Crippen molar-refractivity contribution in [3.8, 4) is 0 Å². The summed E-state index contributed by atoms with van der Waals surface area (Å²) in [5.41, 5.74) is 5.15. The van der Waals surface area contributed by atoms with Crippen molar-refractivity contribution in [2.75, 3.05) is 5.73 Å². The number of hydrogen-bond acceptors (Lipinski definition) is 4. The zero-order valence-corrected chi connectivity index (χ0v) is 7.39. The van der Waals surface area contributed by atoms with Crippen LogP contribution in [-0.2, 0) is 10.1 Å². The van der Waals surface area contributed by atoms with Gasteiger partial charge in [-0.25, -0.2) is 8.42 Å². The van der Waals surface area contributed by atoms with Crippen LogP contribution in [0, 0.1) is 0 Å². The van der Waals surface area contributed by atoms with E-state index in [1.54, 1.807) is 0 Å². The molecule has 6 heteroatoms. The third kappa shape index (κ3) is 1.88. The van der Waals surface area contributed by atoms with Crippen LogP contribution in [0.15, 0.2) is 23.1 Å². The zero-order valence-electron chi connectivity index (χ0n) is 5.82. The molecule has 0 radical (unpaired) electrons. The third-order valence-corrected chi connectivity index (χ3v) is 2.37. The summed E-state index contributed by atoms with van der Waals surface area (Å²) in [5.74, 6) is 0. The fourth-order valence-electron chi connectivity index (χ4n) is 0.725. The number of halogens is 1. The minimum Gasteiger partial charge on any atom is -0.744 e. The second-order valence-electron chi connectivity index (χ2n) is 2.14. The molecule has 0 unspecified atom stereocenters. The lowest BCUT2D eigenvalue weighted by Crippen LogP contribution is -2.02. The first kappa shape index (κ1) is 9.31. The Bertz CT molecular complexity index is 401. The molecule has 12 heavy (non-hydrogen) atoms. The number of anilines is 1. The van der Waals surface area contributed by atoms with Crippen LogP contribution in [-0.4, -0.2) is 13.0 Å². The van der Waals surface area contributed by atoms with E-state index in [0.29, 0.717) is 0 Å². The van der Waals surface area contributed by atoms with Crippen molar-refractivity contribution in [2.24, 2.45) is 0 Å². The zero-order chi connectivity index (χ0) is 9.35. The van der Waals surface area contributed by atoms with Gasteiger partial charge in [-0.05, 0) is 18.2 Å². The lowest BCUT2D eigenvalue weighted by atomic mass is 10.3. The van der Waals surface area contributed by atoms with Crippen LogP contribution in [0.4, 0.5) is 5.69 Å². The molecule has 0 aliphatic carbocycles. The monoisotopic (exact) mass is 206 g/mol. The van der Waals surface area contributed by atoms with E-state index in [1.807, 2.05) is 0 Å². The predicted octanol–water partition coefficient (Wildman–Crippen LogP) is 0.826. The Morgan fingerprint density at radius 2 is 2.00 bits per heavy atom. The molecule has 0 aliphatic rings. The molecule has 0 saturated carbocycles. The van der Waals surface area contributed by atoms with Crippen LogP contribution >= 0.6 is 11.6 Å². The normalized spacial score (nSPS) is 11.5. The summed E-state index contributed by atoms with van der Waals surface area (Å²) < 4.78 is 31.5. The van der Waals surface area contributed by atoms with Crippen molar-refractivity contribution in [3.05, 3.63) is 23.2 Å². The fourth-order valence-corrected chi connectivity index (χ4v) is 1.59. The van der Waals surface area contributed by atoms with E-state index >= 15 is 0 Å². The molecule has 0 aliphatic heterocycles. The lowest BCUT2D eigenvalue weighted by Gasteiger charge is -2.09. The number of rotatable bonds is 1. The molecule has 0 heterocycles. The average molecular weight is 207 g/mol. The number of hydrogen-bond donors (Lipinski definition) is 1. The molecule has 2 N–H and O–H groups in total. The van der Waals surface area contributed by atoms with Crippen LogP contribution in [0.5, 0.6) is 0 Å². The minimum absolute atomic E-state index is 0.0885. The Kier molecular flexibility index (Phi) is 2.27. The predicted molar refractivity (Wildman–Crippen MR) is 43.8 cm³/mol. The standard InChI is InChI=1S/C6H6ClNO3S/c7-4-1-2-5(8)6(3-4)12(9,10)11/h1-3H,8H2,(H,9,10,11)/p-1. The van der Waals surface area contributed by atoms with Crippen LogP contribution in [0.2, 0.25) is 5.02 Å². The Morgan fingerprint density at radius 3 is 2.42 bits per heavy atom. The maximum atomic E-state index is 10.5. The second-order valence-corrected chi connectivity index (χ2v) is 3.92. The Hall–Kier alpha value is -0.780. The smallest absolute Gasteiger partial charge is 0.126 e. The minimum atomic E-state index is -4.52. The SMILES string of the molecule is Nc1ccc(Cl)cc1S(=O)(=O)[O-]. The third-order valence-electron chi connectivity index (χ3n) is 1.24. The topological polar surface area (TPSA) is 83.2 Å². The molecule has 0 fully saturated rings. The first-order chi connectivity index (χ1) is 5.41. The quantitative estimate of drug-likeness (QED) is 0.545. The molecule has 0 aromatic heterocycles. The first-order valence-electron chi connectivity index (χ1n) is 2.92. The molecule has 4 nitrogen and oxygen atoms in total. The van der Waals surface area contributed by atoms with Crippen molar-refractivity contribution in [1.29, 1.82) is 0 Å². The van der Waals surface area contributed by atoms with E-state index in [9.17, 15) is 13.0 Å². The van der Waals surface area contributed by atoms with Gasteiger partial charge >= 0.3 is 0 Å². The molecule has 1 aromatic carbocycles. The van der Waals surface area contributed by atoms with Crippen LogP contribution in [0.1, 0.15) is 0 Å². The molecule has 0 saturated heterocycles. The highest BCUT2D eigenvalue weighted by Gasteiger charge is 2.06. The molecule has 0 amide bonds. The van der Waals surface area contributed by atoms with Gasteiger partial charge < -0.3 is 10.3 Å². The van der Waals surface area contributed by atoms with Gasteiger partial charge in [0.05, 0.1) is 4.90 Å². The summed E-state index contributed by atoms with van der Waals surface area (Å²) in [5, 5.41) is 0.165. The summed E-state index contributed by atoms with van der Waals surface area (Å²) in [4.78, 5) is -0.477. The van der Waals surface area contributed by atoms with E-state index in [0.717, 1.165) is 6.07 Å².